The van der Waals surface area contributed by atoms with Crippen molar-refractivity contribution in [2.24, 2.45) is 5.41 Å². The Morgan fingerprint density at radius 1 is 1.43 bits per heavy atom. The van der Waals surface area contributed by atoms with Crippen molar-refractivity contribution in [2.75, 3.05) is 20.3 Å². The highest BCUT2D eigenvalue weighted by molar-refractivity contribution is 6.06. The fourth-order valence-electron chi connectivity index (χ4n) is 2.54. The summed E-state index contributed by atoms with van der Waals surface area (Å²) < 4.78 is 4.72. The van der Waals surface area contributed by atoms with Gasteiger partial charge in [-0.3, -0.25) is 4.79 Å². The van der Waals surface area contributed by atoms with E-state index in [0.717, 1.165) is 0 Å². The minimum absolute atomic E-state index is 0.0925. The van der Waals surface area contributed by atoms with E-state index in [1.165, 1.54) is 7.11 Å². The zero-order chi connectivity index (χ0) is 16.2. The standard InChI is InChI=1S/C15H23NO5/c1-5-9(16-6-7-17)11-10(18)8-15(2,3)12(13(11)19)14(20)21-4/h16-17,19H,5-8H2,1-4H3. The van der Waals surface area contributed by atoms with Gasteiger partial charge < -0.3 is 20.3 Å². The number of allylic oxidation sites excluding steroid dienone is 2. The van der Waals surface area contributed by atoms with Crippen LogP contribution in [0.15, 0.2) is 22.6 Å². The van der Waals surface area contributed by atoms with Crippen LogP contribution in [0.4, 0.5) is 0 Å². The number of esters is 1. The molecule has 0 fully saturated rings. The first-order chi connectivity index (χ1) is 9.80. The largest absolute Gasteiger partial charge is 0.507 e. The summed E-state index contributed by atoms with van der Waals surface area (Å²) in [6.45, 7) is 5.44. The van der Waals surface area contributed by atoms with Gasteiger partial charge in [0.1, 0.15) is 5.76 Å². The lowest BCUT2D eigenvalue weighted by Crippen LogP contribution is -2.35. The van der Waals surface area contributed by atoms with Crippen molar-refractivity contribution in [1.82, 2.24) is 5.32 Å². The highest BCUT2D eigenvalue weighted by Gasteiger charge is 2.42. The van der Waals surface area contributed by atoms with Gasteiger partial charge in [0.15, 0.2) is 5.78 Å². The predicted molar refractivity (Wildman–Crippen MR) is 77.5 cm³/mol. The summed E-state index contributed by atoms with van der Waals surface area (Å²) in [5.74, 6) is -1.20. The quantitative estimate of drug-likeness (QED) is 0.521. The van der Waals surface area contributed by atoms with Crippen LogP contribution in [0, 0.1) is 5.41 Å². The van der Waals surface area contributed by atoms with Gasteiger partial charge in [-0.15, -0.1) is 0 Å². The van der Waals surface area contributed by atoms with Gasteiger partial charge in [0, 0.05) is 24.1 Å². The SMILES string of the molecule is CCC(NCCO)=C1C(=O)CC(C)(C)C(C(=O)OC)=C1O. The first-order valence-electron chi connectivity index (χ1n) is 6.93. The minimum atomic E-state index is -0.784. The number of hydrogen-bond donors (Lipinski definition) is 3. The van der Waals surface area contributed by atoms with E-state index in [1.54, 1.807) is 13.8 Å². The van der Waals surface area contributed by atoms with Crippen molar-refractivity contribution in [3.63, 3.8) is 0 Å². The maximum absolute atomic E-state index is 12.3. The Morgan fingerprint density at radius 3 is 2.52 bits per heavy atom. The molecule has 1 rings (SSSR count). The van der Waals surface area contributed by atoms with Crippen molar-refractivity contribution in [3.05, 3.63) is 22.6 Å². The third kappa shape index (κ3) is 3.44. The Morgan fingerprint density at radius 2 is 2.05 bits per heavy atom. The van der Waals surface area contributed by atoms with Crippen LogP contribution in [-0.2, 0) is 14.3 Å². The van der Waals surface area contributed by atoms with Crippen LogP contribution in [0.3, 0.4) is 0 Å². The van der Waals surface area contributed by atoms with Crippen LogP contribution in [-0.4, -0.2) is 42.2 Å². The van der Waals surface area contributed by atoms with Crippen molar-refractivity contribution >= 4 is 11.8 Å². The van der Waals surface area contributed by atoms with Gasteiger partial charge in [-0.25, -0.2) is 4.79 Å². The molecule has 1 aliphatic carbocycles. The lowest BCUT2D eigenvalue weighted by molar-refractivity contribution is -0.137. The van der Waals surface area contributed by atoms with Crippen molar-refractivity contribution in [3.8, 4) is 0 Å². The van der Waals surface area contributed by atoms with Crippen LogP contribution in [0.5, 0.6) is 0 Å². The number of carbonyl (C=O) groups excluding carboxylic acids is 2. The summed E-state index contributed by atoms with van der Waals surface area (Å²) in [7, 11) is 1.24. The molecule has 118 valence electrons. The first-order valence-corrected chi connectivity index (χ1v) is 6.93. The van der Waals surface area contributed by atoms with Gasteiger partial charge in [0.05, 0.1) is 24.9 Å². The molecule has 0 aromatic carbocycles. The van der Waals surface area contributed by atoms with Crippen LogP contribution in [0.1, 0.15) is 33.6 Å². The zero-order valence-corrected chi connectivity index (χ0v) is 12.9. The molecule has 0 aliphatic heterocycles. The van der Waals surface area contributed by atoms with Gasteiger partial charge in [-0.05, 0) is 6.42 Å². The number of Topliss-reactive ketones (excluding diaryl/α,β-unsaturated/α-hetero) is 1. The number of methoxy groups -OCH3 is 1. The number of rotatable bonds is 5. The lowest BCUT2D eigenvalue weighted by atomic mass is 9.72. The molecule has 0 aromatic rings. The molecule has 0 heterocycles. The summed E-state index contributed by atoms with van der Waals surface area (Å²) in [6.07, 6.45) is 0.584. The van der Waals surface area contributed by atoms with Crippen LogP contribution in [0.25, 0.3) is 0 Å². The average Bonchev–Trinajstić information content (AvgIpc) is 2.40. The second-order valence-corrected chi connectivity index (χ2v) is 5.56. The van der Waals surface area contributed by atoms with Gasteiger partial charge >= 0.3 is 5.97 Å². The average molecular weight is 297 g/mol. The second kappa shape index (κ2) is 6.76. The molecule has 0 aromatic heterocycles. The van der Waals surface area contributed by atoms with E-state index >= 15 is 0 Å². The molecule has 0 radical (unpaired) electrons. The van der Waals surface area contributed by atoms with E-state index in [1.807, 2.05) is 6.92 Å². The molecule has 0 spiro atoms. The van der Waals surface area contributed by atoms with E-state index in [4.69, 9.17) is 9.84 Å². The molecule has 0 saturated carbocycles. The molecule has 1 aliphatic rings. The highest BCUT2D eigenvalue weighted by Crippen LogP contribution is 2.41. The van der Waals surface area contributed by atoms with Gasteiger partial charge in [0.2, 0.25) is 0 Å². The molecule has 0 saturated heterocycles. The monoisotopic (exact) mass is 297 g/mol. The second-order valence-electron chi connectivity index (χ2n) is 5.56. The van der Waals surface area contributed by atoms with Crippen LogP contribution in [0.2, 0.25) is 0 Å². The molecule has 6 heteroatoms. The molecule has 0 atom stereocenters. The Kier molecular flexibility index (Phi) is 5.54. The molecule has 21 heavy (non-hydrogen) atoms. The van der Waals surface area contributed by atoms with Crippen LogP contribution >= 0.6 is 0 Å². The molecule has 6 nitrogen and oxygen atoms in total. The number of nitrogens with one attached hydrogen (secondary N) is 1. The number of ketones is 1. The third-order valence-corrected chi connectivity index (χ3v) is 3.53. The molecule has 0 unspecified atom stereocenters. The maximum Gasteiger partial charge on any atom is 0.338 e. The van der Waals surface area contributed by atoms with Crippen molar-refractivity contribution in [2.45, 2.75) is 33.6 Å². The number of carbonyl (C=O) groups is 2. The topological polar surface area (TPSA) is 95.9 Å². The van der Waals surface area contributed by atoms with E-state index in [-0.39, 0.29) is 42.3 Å². The Balaban J connectivity index is 3.47. The lowest BCUT2D eigenvalue weighted by Gasteiger charge is -2.32. The van der Waals surface area contributed by atoms with Gasteiger partial charge in [-0.1, -0.05) is 20.8 Å². The molecule has 0 amide bonds. The first kappa shape index (κ1) is 17.2. The summed E-state index contributed by atoms with van der Waals surface area (Å²) in [5.41, 5.74) is -0.0430. The van der Waals surface area contributed by atoms with E-state index in [9.17, 15) is 14.7 Å². The van der Waals surface area contributed by atoms with Gasteiger partial charge in [-0.2, -0.15) is 0 Å². The van der Waals surface area contributed by atoms with Gasteiger partial charge in [0.25, 0.3) is 0 Å². The number of aliphatic hydroxyl groups excluding tert-OH is 2. The number of hydrogen-bond acceptors (Lipinski definition) is 6. The predicted octanol–water partition coefficient (Wildman–Crippen LogP) is 1.22. The van der Waals surface area contributed by atoms with Crippen molar-refractivity contribution in [1.29, 1.82) is 0 Å². The van der Waals surface area contributed by atoms with E-state index in [2.05, 4.69) is 5.32 Å². The van der Waals surface area contributed by atoms with E-state index in [0.29, 0.717) is 12.1 Å². The summed E-state index contributed by atoms with van der Waals surface area (Å²) in [4.78, 5) is 24.3. The summed E-state index contributed by atoms with van der Waals surface area (Å²) in [6, 6.07) is 0. The minimum Gasteiger partial charge on any atom is -0.507 e. The molecule has 0 bridgehead atoms. The van der Waals surface area contributed by atoms with Crippen molar-refractivity contribution < 1.29 is 24.5 Å². The number of ether oxygens (including phenoxy) is 1. The summed E-state index contributed by atoms with van der Waals surface area (Å²) in [5, 5.41) is 22.2. The smallest absolute Gasteiger partial charge is 0.338 e. The normalized spacial score (nSPS) is 20.3. The molecule has 3 N–H and O–H groups in total. The summed E-state index contributed by atoms with van der Waals surface area (Å²) >= 11 is 0. The zero-order valence-electron chi connectivity index (χ0n) is 12.9. The Hall–Kier alpha value is -1.82. The fourth-order valence-corrected chi connectivity index (χ4v) is 2.54. The molecular formula is C15H23NO5. The maximum atomic E-state index is 12.3. The fraction of sp³-hybridized carbons (Fsp3) is 0.600. The van der Waals surface area contributed by atoms with E-state index < -0.39 is 11.4 Å². The Bertz CT molecular complexity index is 502. The third-order valence-electron chi connectivity index (χ3n) is 3.53. The Labute approximate surface area is 124 Å². The van der Waals surface area contributed by atoms with Crippen LogP contribution < -0.4 is 5.32 Å². The highest BCUT2D eigenvalue weighted by atomic mass is 16.5. The molecular weight excluding hydrogens is 274 g/mol. The number of aliphatic hydroxyl groups is 2.